The number of phenols is 1. The van der Waals surface area contributed by atoms with Crippen molar-refractivity contribution in [2.24, 2.45) is 23.7 Å². The summed E-state index contributed by atoms with van der Waals surface area (Å²) in [6, 6.07) is 25.8. The Bertz CT molecular complexity index is 2560. The van der Waals surface area contributed by atoms with Gasteiger partial charge in [0, 0.05) is 29.7 Å². The normalized spacial score (nSPS) is 19.4. The largest absolute Gasteiger partial charge is 2.00 e. The van der Waals surface area contributed by atoms with E-state index < -0.39 is 42.0 Å². The van der Waals surface area contributed by atoms with E-state index in [-0.39, 0.29) is 94.3 Å². The topological polar surface area (TPSA) is 198 Å². The van der Waals surface area contributed by atoms with Gasteiger partial charge in [-0.1, -0.05) is 125 Å². The summed E-state index contributed by atoms with van der Waals surface area (Å²) in [6.45, 7) is 3.70. The fourth-order valence-electron chi connectivity index (χ4n) is 10.3. The Balaban J connectivity index is 0.000000368. The van der Waals surface area contributed by atoms with Crippen LogP contribution in [-0.4, -0.2) is 79.1 Å². The number of hydrogen-bond donors (Lipinski definition) is 5. The molecule has 2 saturated carbocycles. The molecule has 4 aromatic rings. The van der Waals surface area contributed by atoms with Crippen molar-refractivity contribution in [2.45, 2.75) is 147 Å². The number of fused-ring (bicyclic) bond motifs is 10. The summed E-state index contributed by atoms with van der Waals surface area (Å²) in [4.78, 5) is 78.4. The van der Waals surface area contributed by atoms with Crippen LogP contribution >= 0.6 is 11.6 Å². The summed E-state index contributed by atoms with van der Waals surface area (Å²) in [5.74, 6) is -1.47. The molecule has 4 unspecified atom stereocenters. The van der Waals surface area contributed by atoms with Crippen molar-refractivity contribution in [1.29, 1.82) is 0 Å². The molecule has 4 bridgehead atoms. The number of ether oxygens (including phenoxy) is 3. The number of halogens is 1. The molecule has 6 atom stereocenters. The van der Waals surface area contributed by atoms with Crippen LogP contribution in [0.15, 0.2) is 109 Å². The molecule has 79 heavy (non-hydrogen) atoms. The minimum absolute atomic E-state index is 0. The minimum Gasteiger partial charge on any atom is -0.508 e. The predicted octanol–water partition coefficient (Wildman–Crippen LogP) is 10.8. The minimum atomic E-state index is -0.946. The van der Waals surface area contributed by atoms with Crippen LogP contribution in [0.5, 0.6) is 17.2 Å². The number of amides is 4. The average molecular weight is 1190 g/mol. The van der Waals surface area contributed by atoms with Crippen LogP contribution in [0.4, 0.5) is 0 Å². The first-order valence-electron chi connectivity index (χ1n) is 27.1. The molecule has 430 valence electrons. The smallest absolute Gasteiger partial charge is 0.508 e. The number of phenolic OH excluding ortho intramolecular Hbond substituents is 1. The van der Waals surface area contributed by atoms with E-state index in [0.717, 1.165) is 80.9 Å². The second-order valence-corrected chi connectivity index (χ2v) is 21.1. The second kappa shape index (κ2) is 34.8. The van der Waals surface area contributed by atoms with Crippen molar-refractivity contribution in [3.63, 3.8) is 0 Å². The van der Waals surface area contributed by atoms with Crippen molar-refractivity contribution in [3.8, 4) is 17.2 Å². The van der Waals surface area contributed by atoms with Crippen LogP contribution in [0.25, 0.3) is 0 Å². The molecule has 16 heteroatoms. The molecule has 0 radical (unpaired) electrons. The summed E-state index contributed by atoms with van der Waals surface area (Å²) < 4.78 is 15.9. The predicted molar refractivity (Wildman–Crippen MR) is 306 cm³/mol. The molecular formula is C63H83ClN4O10Ru. The first kappa shape index (κ1) is 67.2. The number of rotatable bonds is 12. The van der Waals surface area contributed by atoms with E-state index in [1.165, 1.54) is 39.5 Å². The number of carbonyl (C=O) groups excluding carboxylic acids is 6. The summed E-state index contributed by atoms with van der Waals surface area (Å²) >= 11 is 5.96. The van der Waals surface area contributed by atoms with E-state index >= 15 is 0 Å². The van der Waals surface area contributed by atoms with Gasteiger partial charge in [-0.2, -0.15) is 0 Å². The Morgan fingerprint density at radius 1 is 0.684 bits per heavy atom. The third-order valence-corrected chi connectivity index (χ3v) is 14.9. The quantitative estimate of drug-likeness (QED) is 0.0394. The van der Waals surface area contributed by atoms with Gasteiger partial charge >= 0.3 is 31.4 Å². The van der Waals surface area contributed by atoms with Crippen LogP contribution in [0.2, 0.25) is 5.02 Å². The van der Waals surface area contributed by atoms with Crippen LogP contribution in [0, 0.1) is 38.5 Å². The molecule has 9 rings (SSSR count). The Hall–Kier alpha value is -6.05. The number of nitrogens with one attached hydrogen (secondary N) is 4. The number of hydrogen-bond acceptors (Lipinski definition) is 10. The second-order valence-electron chi connectivity index (χ2n) is 20.6. The molecule has 4 amide bonds. The van der Waals surface area contributed by atoms with E-state index in [1.54, 1.807) is 30.3 Å². The Morgan fingerprint density at radius 2 is 1.33 bits per heavy atom. The SMILES string of the molecule is C1=CCCC1.COC(=O)C(Cc1cccc(O)c1)NC(=O)[C@@H](NC(=O)[C@@H](C)Cc1ccc(Cl)cc1)C1CCCCC1.COC(=O)C1Cc2cccc(c2)Oc2ccc(cc2)CC(C)C(=O)NC(C2CCCCC2)C(=O)N1.[CH3-].[CH3-].[Ru+2]. The van der Waals surface area contributed by atoms with Crippen LogP contribution < -0.4 is 26.0 Å². The monoisotopic (exact) mass is 1190 g/mol. The zero-order valence-electron chi connectivity index (χ0n) is 46.9. The average Bonchev–Trinajstić information content (AvgIpc) is 4.03. The first-order valence-corrected chi connectivity index (χ1v) is 27.5. The summed E-state index contributed by atoms with van der Waals surface area (Å²) in [7, 11) is 2.57. The number of allylic oxidation sites excluding steroid dienone is 2. The molecule has 0 spiro atoms. The maximum Gasteiger partial charge on any atom is 2.00 e. The molecule has 0 saturated heterocycles. The van der Waals surface area contributed by atoms with Gasteiger partial charge in [0.15, 0.2) is 0 Å². The van der Waals surface area contributed by atoms with E-state index in [9.17, 15) is 33.9 Å². The number of methoxy groups -OCH3 is 2. The van der Waals surface area contributed by atoms with Gasteiger partial charge in [-0.3, -0.25) is 19.2 Å². The van der Waals surface area contributed by atoms with Gasteiger partial charge in [0.05, 0.1) is 14.2 Å². The molecule has 5 aliphatic rings. The summed E-state index contributed by atoms with van der Waals surface area (Å²) in [5, 5.41) is 22.1. The molecule has 2 heterocycles. The van der Waals surface area contributed by atoms with Crippen molar-refractivity contribution in [2.75, 3.05) is 14.2 Å². The van der Waals surface area contributed by atoms with Crippen molar-refractivity contribution < 1.29 is 67.6 Å². The number of benzene rings is 4. The molecule has 0 aromatic heterocycles. The Morgan fingerprint density at radius 3 is 1.94 bits per heavy atom. The third kappa shape index (κ3) is 21.8. The molecule has 3 aliphatic carbocycles. The van der Waals surface area contributed by atoms with E-state index in [2.05, 4.69) is 33.4 Å². The van der Waals surface area contributed by atoms with Gasteiger partial charge in [0.2, 0.25) is 23.6 Å². The van der Waals surface area contributed by atoms with Gasteiger partial charge in [0.25, 0.3) is 0 Å². The fourth-order valence-corrected chi connectivity index (χ4v) is 10.5. The van der Waals surface area contributed by atoms with Gasteiger partial charge < -0.3 is 55.4 Å². The Kier molecular flexibility index (Phi) is 29.7. The fraction of sp³-hybridized carbons (Fsp3) is 0.460. The van der Waals surface area contributed by atoms with Gasteiger partial charge in [-0.25, -0.2) is 9.59 Å². The van der Waals surface area contributed by atoms with Crippen LogP contribution in [-0.2, 0) is 83.4 Å². The Labute approximate surface area is 487 Å². The van der Waals surface area contributed by atoms with Crippen LogP contribution in [0.1, 0.15) is 120 Å². The molecule has 2 fully saturated rings. The van der Waals surface area contributed by atoms with Crippen molar-refractivity contribution in [3.05, 3.63) is 151 Å². The standard InChI is InChI=1S/C28H35ClN2O5.C28H34N2O5.C5H8.2CH3.Ru/c1-18(15-19-11-13-22(29)14-12-19)26(33)31-25(21-8-4-3-5-9-21)27(34)30-24(28(35)36-2)17-20-7-6-10-23(32)16-20;1-18-15-19-11-13-22(14-12-19)35-23-10-6-7-20(16-23)17-24(28(33)34-2)29-27(32)25(30-26(18)31)21-8-4-3-5-9-21;1-2-4-5-3-1;;;/h6-7,10-14,16,18,21,24-25,32H,3-5,8-9,15,17H2,1-2H3,(H,30,34)(H,31,33);6-7,10-14,16,18,21,24-25H,3-5,8-9,15,17H2,1-2H3,(H,29,32)(H,30,31);1-2H,3-5H2;2*1H3;/q;;;2*-1;+2/t18-,24?,25-;;;;;/m0...../s1. The molecule has 4 aromatic carbocycles. The summed E-state index contributed by atoms with van der Waals surface area (Å²) in [5.41, 5.74) is 3.51. The van der Waals surface area contributed by atoms with Gasteiger partial charge in [-0.05, 0) is 140 Å². The molecule has 5 N–H and O–H groups in total. The maximum absolute atomic E-state index is 13.5. The zero-order chi connectivity index (χ0) is 54.4. The molecule has 14 nitrogen and oxygen atoms in total. The summed E-state index contributed by atoms with van der Waals surface area (Å²) in [6.07, 6.45) is 19.7. The van der Waals surface area contributed by atoms with E-state index in [0.29, 0.717) is 34.9 Å². The third-order valence-electron chi connectivity index (χ3n) is 14.7. The van der Waals surface area contributed by atoms with Crippen LogP contribution in [0.3, 0.4) is 0 Å². The van der Waals surface area contributed by atoms with Gasteiger partial charge in [-0.15, -0.1) is 0 Å². The zero-order valence-corrected chi connectivity index (χ0v) is 49.4. The molecular weight excluding hydrogens is 1110 g/mol. The van der Waals surface area contributed by atoms with Crippen molar-refractivity contribution >= 4 is 47.2 Å². The number of esters is 2. The van der Waals surface area contributed by atoms with Crippen molar-refractivity contribution in [1.82, 2.24) is 21.3 Å². The number of carbonyl (C=O) groups is 6. The van der Waals surface area contributed by atoms with E-state index in [1.807, 2.05) is 74.5 Å². The first-order chi connectivity index (χ1) is 36.7. The number of aromatic hydroxyl groups is 1. The van der Waals surface area contributed by atoms with Gasteiger partial charge in [0.1, 0.15) is 41.4 Å². The molecule has 2 aliphatic heterocycles. The van der Waals surface area contributed by atoms with E-state index in [4.69, 9.17) is 25.8 Å². The maximum atomic E-state index is 13.5.